The van der Waals surface area contributed by atoms with E-state index in [0.29, 0.717) is 5.56 Å². The van der Waals surface area contributed by atoms with Crippen LogP contribution in [0.1, 0.15) is 5.56 Å². The van der Waals surface area contributed by atoms with Gasteiger partial charge < -0.3 is 4.84 Å². The lowest BCUT2D eigenvalue weighted by molar-refractivity contribution is -0.384. The van der Waals surface area contributed by atoms with Gasteiger partial charge in [-0.15, -0.1) is 0 Å². The van der Waals surface area contributed by atoms with Crippen molar-refractivity contribution < 1.29 is 9.76 Å². The molecular weight excluding hydrogens is 252 g/mol. The van der Waals surface area contributed by atoms with Crippen molar-refractivity contribution in [1.29, 1.82) is 0 Å². The molecule has 0 fully saturated rings. The summed E-state index contributed by atoms with van der Waals surface area (Å²) in [5.41, 5.74) is 0.617. The zero-order valence-corrected chi connectivity index (χ0v) is 8.89. The Balaban J connectivity index is 3.08. The first-order chi connectivity index (χ1) is 6.65. The molecule has 0 bridgehead atoms. The SMILES string of the molecule is CO/N=C/c1cc([N+](=O)[O-])ccc1Br. The fourth-order valence-electron chi connectivity index (χ4n) is 0.853. The second-order valence-corrected chi connectivity index (χ2v) is 3.23. The summed E-state index contributed by atoms with van der Waals surface area (Å²) in [6, 6.07) is 4.41. The van der Waals surface area contributed by atoms with Gasteiger partial charge in [0, 0.05) is 22.2 Å². The van der Waals surface area contributed by atoms with E-state index in [2.05, 4.69) is 25.9 Å². The van der Waals surface area contributed by atoms with E-state index in [1.807, 2.05) is 0 Å². The highest BCUT2D eigenvalue weighted by Gasteiger charge is 2.07. The number of nitrogens with zero attached hydrogens (tertiary/aromatic N) is 2. The number of nitro benzene ring substituents is 1. The van der Waals surface area contributed by atoms with Gasteiger partial charge in [-0.2, -0.15) is 0 Å². The molecule has 0 unspecified atom stereocenters. The Morgan fingerprint density at radius 3 is 2.93 bits per heavy atom. The van der Waals surface area contributed by atoms with E-state index < -0.39 is 4.92 Å². The minimum atomic E-state index is -0.462. The van der Waals surface area contributed by atoms with Crippen LogP contribution in [-0.4, -0.2) is 18.2 Å². The van der Waals surface area contributed by atoms with Crippen LogP contribution in [0.2, 0.25) is 0 Å². The van der Waals surface area contributed by atoms with Crippen LogP contribution in [0, 0.1) is 10.1 Å². The second kappa shape index (κ2) is 4.71. The summed E-state index contributed by atoms with van der Waals surface area (Å²) in [5, 5.41) is 14.0. The van der Waals surface area contributed by atoms with Crippen molar-refractivity contribution in [1.82, 2.24) is 0 Å². The topological polar surface area (TPSA) is 64.7 Å². The van der Waals surface area contributed by atoms with Crippen molar-refractivity contribution in [2.24, 2.45) is 5.16 Å². The minimum Gasteiger partial charge on any atom is -0.399 e. The predicted molar refractivity (Wildman–Crippen MR) is 55.4 cm³/mol. The highest BCUT2D eigenvalue weighted by atomic mass is 79.9. The lowest BCUT2D eigenvalue weighted by Crippen LogP contribution is -1.91. The molecule has 1 aromatic carbocycles. The average Bonchev–Trinajstić information content (AvgIpc) is 2.16. The fraction of sp³-hybridized carbons (Fsp3) is 0.125. The smallest absolute Gasteiger partial charge is 0.270 e. The molecule has 1 aromatic rings. The summed E-state index contributed by atoms with van der Waals surface area (Å²) in [7, 11) is 1.40. The number of oxime groups is 1. The number of rotatable bonds is 3. The molecule has 5 nitrogen and oxygen atoms in total. The van der Waals surface area contributed by atoms with Gasteiger partial charge in [0.2, 0.25) is 0 Å². The van der Waals surface area contributed by atoms with Gasteiger partial charge >= 0.3 is 0 Å². The first-order valence-electron chi connectivity index (χ1n) is 3.65. The number of hydrogen-bond acceptors (Lipinski definition) is 4. The molecule has 0 aromatic heterocycles. The van der Waals surface area contributed by atoms with Gasteiger partial charge in [-0.05, 0) is 6.07 Å². The van der Waals surface area contributed by atoms with Gasteiger partial charge in [-0.25, -0.2) is 0 Å². The molecule has 0 amide bonds. The Morgan fingerprint density at radius 2 is 2.36 bits per heavy atom. The Kier molecular flexibility index (Phi) is 3.58. The van der Waals surface area contributed by atoms with Gasteiger partial charge in [0.25, 0.3) is 5.69 Å². The predicted octanol–water partition coefficient (Wildman–Crippen LogP) is 2.34. The third kappa shape index (κ3) is 2.53. The number of halogens is 1. The molecule has 0 heterocycles. The second-order valence-electron chi connectivity index (χ2n) is 2.38. The lowest BCUT2D eigenvalue weighted by atomic mass is 10.2. The van der Waals surface area contributed by atoms with Crippen LogP contribution < -0.4 is 0 Å². The molecule has 14 heavy (non-hydrogen) atoms. The van der Waals surface area contributed by atoms with E-state index in [0.717, 1.165) is 4.47 Å². The molecule has 0 radical (unpaired) electrons. The van der Waals surface area contributed by atoms with Crippen molar-refractivity contribution in [2.75, 3.05) is 7.11 Å². The molecule has 74 valence electrons. The average molecular weight is 259 g/mol. The van der Waals surface area contributed by atoms with E-state index in [-0.39, 0.29) is 5.69 Å². The van der Waals surface area contributed by atoms with Gasteiger partial charge in [-0.1, -0.05) is 21.1 Å². The summed E-state index contributed by atoms with van der Waals surface area (Å²) >= 11 is 3.24. The van der Waals surface area contributed by atoms with Crippen LogP contribution in [0.5, 0.6) is 0 Å². The third-order valence-electron chi connectivity index (χ3n) is 1.49. The van der Waals surface area contributed by atoms with Gasteiger partial charge in [0.1, 0.15) is 7.11 Å². The molecule has 0 aliphatic heterocycles. The van der Waals surface area contributed by atoms with E-state index in [1.165, 1.54) is 25.5 Å². The number of benzene rings is 1. The highest BCUT2D eigenvalue weighted by Crippen LogP contribution is 2.20. The maximum absolute atomic E-state index is 10.5. The van der Waals surface area contributed by atoms with E-state index in [9.17, 15) is 10.1 Å². The quantitative estimate of drug-likeness (QED) is 0.475. The maximum Gasteiger partial charge on any atom is 0.270 e. The Hall–Kier alpha value is -1.43. The first-order valence-corrected chi connectivity index (χ1v) is 4.45. The third-order valence-corrected chi connectivity index (χ3v) is 2.21. The summed E-state index contributed by atoms with van der Waals surface area (Å²) in [6.07, 6.45) is 1.40. The van der Waals surface area contributed by atoms with Crippen molar-refractivity contribution in [3.05, 3.63) is 38.3 Å². The summed E-state index contributed by atoms with van der Waals surface area (Å²) in [4.78, 5) is 14.5. The largest absolute Gasteiger partial charge is 0.399 e. The van der Waals surface area contributed by atoms with Crippen molar-refractivity contribution in [3.63, 3.8) is 0 Å². The molecule has 0 spiro atoms. The normalized spacial score (nSPS) is 10.4. The van der Waals surface area contributed by atoms with Gasteiger partial charge in [0.15, 0.2) is 0 Å². The Bertz CT molecular complexity index is 379. The van der Waals surface area contributed by atoms with Gasteiger partial charge in [0.05, 0.1) is 11.1 Å². The molecule has 0 atom stereocenters. The molecular formula is C8H7BrN2O3. The van der Waals surface area contributed by atoms with E-state index in [1.54, 1.807) is 6.07 Å². The highest BCUT2D eigenvalue weighted by molar-refractivity contribution is 9.10. The summed E-state index contributed by atoms with van der Waals surface area (Å²) < 4.78 is 0.726. The van der Waals surface area contributed by atoms with Crippen LogP contribution in [0.3, 0.4) is 0 Å². The molecule has 0 aliphatic carbocycles. The van der Waals surface area contributed by atoms with Gasteiger partial charge in [-0.3, -0.25) is 10.1 Å². The van der Waals surface area contributed by atoms with Crippen molar-refractivity contribution in [2.45, 2.75) is 0 Å². The fourth-order valence-corrected chi connectivity index (χ4v) is 1.20. The zero-order valence-electron chi connectivity index (χ0n) is 7.31. The maximum atomic E-state index is 10.5. The van der Waals surface area contributed by atoms with Crippen LogP contribution in [0.25, 0.3) is 0 Å². The standard InChI is InChI=1S/C8H7BrN2O3/c1-14-10-5-6-4-7(11(12)13)2-3-8(6)9/h2-5H,1H3/b10-5+. The molecule has 0 N–H and O–H groups in total. The van der Waals surface area contributed by atoms with E-state index >= 15 is 0 Å². The van der Waals surface area contributed by atoms with Crippen molar-refractivity contribution >= 4 is 27.8 Å². The van der Waals surface area contributed by atoms with Crippen LogP contribution in [0.4, 0.5) is 5.69 Å². The lowest BCUT2D eigenvalue weighted by Gasteiger charge is -1.97. The van der Waals surface area contributed by atoms with E-state index in [4.69, 9.17) is 0 Å². The number of nitro groups is 1. The minimum absolute atomic E-state index is 0.0192. The Labute approximate surface area is 88.6 Å². The summed E-state index contributed by atoms with van der Waals surface area (Å²) in [6.45, 7) is 0. The van der Waals surface area contributed by atoms with Crippen LogP contribution >= 0.6 is 15.9 Å². The molecule has 6 heteroatoms. The molecule has 0 aliphatic rings. The number of hydrogen-bond donors (Lipinski definition) is 0. The van der Waals surface area contributed by atoms with Crippen LogP contribution in [-0.2, 0) is 4.84 Å². The Morgan fingerprint density at radius 1 is 1.64 bits per heavy atom. The molecule has 0 saturated heterocycles. The summed E-state index contributed by atoms with van der Waals surface area (Å²) in [5.74, 6) is 0. The molecule has 0 saturated carbocycles. The first kappa shape index (κ1) is 10.6. The molecule has 1 rings (SSSR count). The van der Waals surface area contributed by atoms with Crippen LogP contribution in [0.15, 0.2) is 27.8 Å². The van der Waals surface area contributed by atoms with Crippen molar-refractivity contribution in [3.8, 4) is 0 Å². The number of non-ortho nitro benzene ring substituents is 1. The zero-order chi connectivity index (χ0) is 10.6. The monoisotopic (exact) mass is 258 g/mol.